The molecule has 24 heavy (non-hydrogen) atoms. The van der Waals surface area contributed by atoms with Crippen LogP contribution in [0.25, 0.3) is 0 Å². The number of carbonyl (C=O) groups is 3. The lowest BCUT2D eigenvalue weighted by atomic mass is 10.0. The van der Waals surface area contributed by atoms with Crippen LogP contribution in [-0.2, 0) is 14.3 Å². The van der Waals surface area contributed by atoms with Gasteiger partial charge in [0.1, 0.15) is 5.75 Å². The molecule has 0 saturated carbocycles. The first-order valence-corrected chi connectivity index (χ1v) is 7.92. The van der Waals surface area contributed by atoms with Crippen LogP contribution in [0.3, 0.4) is 0 Å². The number of hydrogen-bond acceptors (Lipinski definition) is 5. The quantitative estimate of drug-likeness (QED) is 0.782. The molecule has 1 aromatic carbocycles. The fraction of sp³-hybridized carbons (Fsp3) is 0.471. The Kier molecular flexibility index (Phi) is 6.17. The van der Waals surface area contributed by atoms with Gasteiger partial charge in [-0.1, -0.05) is 6.92 Å². The van der Waals surface area contributed by atoms with Crippen molar-refractivity contribution >= 4 is 17.8 Å². The molecule has 7 nitrogen and oxygen atoms in total. The number of carbonyl (C=O) groups excluding carboxylic acids is 3. The predicted molar refractivity (Wildman–Crippen MR) is 86.4 cm³/mol. The zero-order valence-electron chi connectivity index (χ0n) is 13.7. The molecule has 1 fully saturated rings. The predicted octanol–water partition coefficient (Wildman–Crippen LogP) is 0.966. The van der Waals surface area contributed by atoms with Gasteiger partial charge in [-0.05, 0) is 43.0 Å². The Balaban J connectivity index is 1.81. The Morgan fingerprint density at radius 3 is 2.54 bits per heavy atom. The van der Waals surface area contributed by atoms with E-state index in [1.54, 1.807) is 4.90 Å². The summed E-state index contributed by atoms with van der Waals surface area (Å²) in [7, 11) is 0. The molecule has 0 aliphatic carbocycles. The molecule has 1 aromatic rings. The Bertz CT molecular complexity index is 600. The lowest BCUT2D eigenvalue weighted by Crippen LogP contribution is -2.41. The fourth-order valence-corrected chi connectivity index (χ4v) is 2.56. The number of primary amides is 1. The molecule has 1 atom stereocenters. The fourth-order valence-electron chi connectivity index (χ4n) is 2.56. The van der Waals surface area contributed by atoms with E-state index >= 15 is 0 Å². The van der Waals surface area contributed by atoms with Crippen molar-refractivity contribution in [1.82, 2.24) is 4.90 Å². The van der Waals surface area contributed by atoms with Crippen LogP contribution in [0.2, 0.25) is 0 Å². The summed E-state index contributed by atoms with van der Waals surface area (Å²) < 4.78 is 10.2. The number of nitrogens with two attached hydrogens (primary N) is 1. The van der Waals surface area contributed by atoms with Crippen LogP contribution in [0.4, 0.5) is 0 Å². The number of amides is 2. The first kappa shape index (κ1) is 17.8. The first-order valence-electron chi connectivity index (χ1n) is 7.92. The summed E-state index contributed by atoms with van der Waals surface area (Å²) in [5.41, 5.74) is 5.29. The second kappa shape index (κ2) is 8.33. The molecule has 1 saturated heterocycles. The zero-order valence-corrected chi connectivity index (χ0v) is 13.7. The van der Waals surface area contributed by atoms with Crippen molar-refractivity contribution in [2.75, 3.05) is 26.3 Å². The third kappa shape index (κ3) is 5.26. The van der Waals surface area contributed by atoms with Gasteiger partial charge in [-0.2, -0.15) is 0 Å². The number of hydrogen-bond donors (Lipinski definition) is 1. The lowest BCUT2D eigenvalue weighted by Gasteiger charge is -2.30. The average Bonchev–Trinajstić information content (AvgIpc) is 2.58. The van der Waals surface area contributed by atoms with E-state index in [1.165, 1.54) is 24.3 Å². The molecule has 1 aliphatic rings. The zero-order chi connectivity index (χ0) is 17.5. The van der Waals surface area contributed by atoms with Crippen LogP contribution in [0.5, 0.6) is 5.75 Å². The number of nitrogens with zero attached hydrogens (tertiary/aromatic N) is 1. The molecular formula is C17H22N2O5. The van der Waals surface area contributed by atoms with Crippen molar-refractivity contribution in [1.29, 1.82) is 0 Å². The number of likely N-dealkylation sites (tertiary alicyclic amines) is 1. The molecule has 2 amide bonds. The highest BCUT2D eigenvalue weighted by Crippen LogP contribution is 2.16. The molecule has 1 aliphatic heterocycles. The van der Waals surface area contributed by atoms with Crippen LogP contribution in [0.1, 0.15) is 30.1 Å². The normalized spacial score (nSPS) is 17.2. The van der Waals surface area contributed by atoms with E-state index in [0.717, 1.165) is 12.8 Å². The van der Waals surface area contributed by atoms with Crippen LogP contribution >= 0.6 is 0 Å². The maximum absolute atomic E-state index is 12.1. The molecule has 2 N–H and O–H groups in total. The molecule has 2 rings (SSSR count). The standard InChI is InChI=1S/C17H22N2O5/c1-12-3-2-8-19(9-12)16(21)11-24-17(22)13-4-6-14(7-5-13)23-10-15(18)20/h4-7,12H,2-3,8-11H2,1H3,(H2,18,20). The number of benzene rings is 1. The summed E-state index contributed by atoms with van der Waals surface area (Å²) in [5.74, 6) is -0.426. The van der Waals surface area contributed by atoms with Crippen molar-refractivity contribution in [2.24, 2.45) is 11.7 Å². The van der Waals surface area contributed by atoms with Crippen molar-refractivity contribution in [2.45, 2.75) is 19.8 Å². The number of rotatable bonds is 6. The van der Waals surface area contributed by atoms with E-state index in [0.29, 0.717) is 30.3 Å². The van der Waals surface area contributed by atoms with Crippen LogP contribution < -0.4 is 10.5 Å². The highest BCUT2D eigenvalue weighted by molar-refractivity contribution is 5.91. The Morgan fingerprint density at radius 1 is 1.21 bits per heavy atom. The van der Waals surface area contributed by atoms with Crippen LogP contribution in [0, 0.1) is 5.92 Å². The molecule has 1 unspecified atom stereocenters. The summed E-state index contributed by atoms with van der Waals surface area (Å²) in [6.45, 7) is 3.04. The van der Waals surface area contributed by atoms with E-state index in [2.05, 4.69) is 6.92 Å². The summed E-state index contributed by atoms with van der Waals surface area (Å²) in [4.78, 5) is 36.4. The Hall–Kier alpha value is -2.57. The molecule has 0 radical (unpaired) electrons. The monoisotopic (exact) mass is 334 g/mol. The van der Waals surface area contributed by atoms with Gasteiger partial charge in [-0.15, -0.1) is 0 Å². The Morgan fingerprint density at radius 2 is 1.92 bits per heavy atom. The minimum absolute atomic E-state index is 0.170. The van der Waals surface area contributed by atoms with E-state index in [-0.39, 0.29) is 19.1 Å². The molecule has 0 aromatic heterocycles. The third-order valence-electron chi connectivity index (χ3n) is 3.81. The van der Waals surface area contributed by atoms with Gasteiger partial charge in [0, 0.05) is 13.1 Å². The molecule has 7 heteroatoms. The van der Waals surface area contributed by atoms with Gasteiger partial charge in [0.2, 0.25) is 0 Å². The number of piperidine rings is 1. The van der Waals surface area contributed by atoms with Gasteiger partial charge >= 0.3 is 5.97 Å². The van der Waals surface area contributed by atoms with Crippen molar-refractivity contribution in [3.05, 3.63) is 29.8 Å². The summed E-state index contributed by atoms with van der Waals surface area (Å²) in [6, 6.07) is 6.08. The summed E-state index contributed by atoms with van der Waals surface area (Å²) in [5, 5.41) is 0. The van der Waals surface area contributed by atoms with Crippen molar-refractivity contribution < 1.29 is 23.9 Å². The molecule has 1 heterocycles. The highest BCUT2D eigenvalue weighted by Gasteiger charge is 2.22. The number of ether oxygens (including phenoxy) is 2. The topological polar surface area (TPSA) is 98.9 Å². The van der Waals surface area contributed by atoms with Gasteiger partial charge < -0.3 is 20.1 Å². The average molecular weight is 334 g/mol. The minimum atomic E-state index is -0.580. The highest BCUT2D eigenvalue weighted by atomic mass is 16.5. The Labute approximate surface area is 140 Å². The molecule has 0 bridgehead atoms. The largest absolute Gasteiger partial charge is 0.484 e. The van der Waals surface area contributed by atoms with Crippen molar-refractivity contribution in [3.63, 3.8) is 0 Å². The van der Waals surface area contributed by atoms with Gasteiger partial charge in [-0.3, -0.25) is 9.59 Å². The van der Waals surface area contributed by atoms with Gasteiger partial charge in [0.05, 0.1) is 5.56 Å². The maximum Gasteiger partial charge on any atom is 0.338 e. The van der Waals surface area contributed by atoms with E-state index in [1.807, 2.05) is 0 Å². The summed E-state index contributed by atoms with van der Waals surface area (Å²) >= 11 is 0. The smallest absolute Gasteiger partial charge is 0.338 e. The first-order chi connectivity index (χ1) is 11.5. The van der Waals surface area contributed by atoms with E-state index in [9.17, 15) is 14.4 Å². The van der Waals surface area contributed by atoms with Gasteiger partial charge in [0.15, 0.2) is 13.2 Å². The minimum Gasteiger partial charge on any atom is -0.484 e. The van der Waals surface area contributed by atoms with Crippen LogP contribution in [-0.4, -0.2) is 49.0 Å². The number of esters is 1. The molecular weight excluding hydrogens is 312 g/mol. The van der Waals surface area contributed by atoms with E-state index < -0.39 is 11.9 Å². The van der Waals surface area contributed by atoms with E-state index in [4.69, 9.17) is 15.2 Å². The van der Waals surface area contributed by atoms with Gasteiger partial charge in [-0.25, -0.2) is 4.79 Å². The summed E-state index contributed by atoms with van der Waals surface area (Å²) in [6.07, 6.45) is 2.10. The lowest BCUT2D eigenvalue weighted by molar-refractivity contribution is -0.136. The van der Waals surface area contributed by atoms with Crippen LogP contribution in [0.15, 0.2) is 24.3 Å². The molecule has 0 spiro atoms. The maximum atomic E-state index is 12.1. The second-order valence-electron chi connectivity index (χ2n) is 5.94. The third-order valence-corrected chi connectivity index (χ3v) is 3.81. The SMILES string of the molecule is CC1CCCN(C(=O)COC(=O)c2ccc(OCC(N)=O)cc2)C1. The van der Waals surface area contributed by atoms with Crippen molar-refractivity contribution in [3.8, 4) is 5.75 Å². The molecule has 130 valence electrons. The second-order valence-corrected chi connectivity index (χ2v) is 5.94. The van der Waals surface area contributed by atoms with Gasteiger partial charge in [0.25, 0.3) is 11.8 Å².